The van der Waals surface area contributed by atoms with Gasteiger partial charge < -0.3 is 19.7 Å². The Balaban J connectivity index is 1.41. The number of nitrogens with zero attached hydrogens (tertiary/aromatic N) is 6. The van der Waals surface area contributed by atoms with E-state index in [1.807, 2.05) is 30.3 Å². The Morgan fingerprint density at radius 1 is 1.23 bits per heavy atom. The summed E-state index contributed by atoms with van der Waals surface area (Å²) in [4.78, 5) is 30.8. The van der Waals surface area contributed by atoms with Gasteiger partial charge in [-0.15, -0.1) is 0 Å². The average molecular weight is 565 g/mol. The molecule has 0 unspecified atom stereocenters. The highest BCUT2D eigenvalue weighted by atomic mass is 35.5. The summed E-state index contributed by atoms with van der Waals surface area (Å²) in [5.74, 6) is 1.72. The Labute approximate surface area is 232 Å². The first-order valence-electron chi connectivity index (χ1n) is 12.6. The van der Waals surface area contributed by atoms with E-state index in [0.29, 0.717) is 33.0 Å². The van der Waals surface area contributed by atoms with E-state index in [0.717, 1.165) is 41.7 Å². The summed E-state index contributed by atoms with van der Waals surface area (Å²) in [5.41, 5.74) is 3.09. The van der Waals surface area contributed by atoms with Crippen LogP contribution in [-0.2, 0) is 0 Å². The second-order valence-electron chi connectivity index (χ2n) is 9.23. The molecule has 1 aromatic carbocycles. The number of thiazole rings is 1. The molecular formula is C26H25ClN8O3S. The maximum absolute atomic E-state index is 12.8. The lowest BCUT2D eigenvalue weighted by Crippen LogP contribution is -2.39. The molecule has 1 aliphatic carbocycles. The molecule has 0 saturated heterocycles. The molecular weight excluding hydrogens is 540 g/mol. The van der Waals surface area contributed by atoms with Crippen LogP contribution in [0.25, 0.3) is 33.9 Å². The Morgan fingerprint density at radius 2 is 2.13 bits per heavy atom. The van der Waals surface area contributed by atoms with Crippen LogP contribution in [0, 0.1) is 0 Å². The molecule has 1 amide bonds. The number of nitrogens with one attached hydrogen (secondary N) is 2. The number of halogens is 1. The highest BCUT2D eigenvalue weighted by Crippen LogP contribution is 2.39. The van der Waals surface area contributed by atoms with Crippen molar-refractivity contribution >= 4 is 39.9 Å². The third-order valence-electron chi connectivity index (χ3n) is 6.73. The van der Waals surface area contributed by atoms with Crippen LogP contribution in [-0.4, -0.2) is 65.0 Å². The fraction of sp³-hybridized carbons (Fsp3) is 0.308. The molecule has 0 aliphatic heterocycles. The van der Waals surface area contributed by atoms with E-state index in [4.69, 9.17) is 21.3 Å². The number of fused-ring (bicyclic) bond motifs is 1. The minimum atomic E-state index is -0.215. The standard InChI is InChI=1S/C26H25ClN8O3S/c27-22-13-29-26(39-22)25(37)32-15-4-3-5-16(10-15)35-20-11-18(23-30-14-31-34-23)28-12-19(20)33-24(35)17-6-1-2-7-21(17)38-9-8-36/h1-2,6-7,11-16,36H,3-5,8-10H2,(H,32,37)(H,30,31,34)/t15-,16+/m0/s1. The number of benzene rings is 1. The van der Waals surface area contributed by atoms with Gasteiger partial charge in [0.1, 0.15) is 40.1 Å². The number of ether oxygens (including phenoxy) is 1. The van der Waals surface area contributed by atoms with Gasteiger partial charge in [0.2, 0.25) is 0 Å². The Kier molecular flexibility index (Phi) is 7.22. The molecule has 1 aliphatic rings. The SMILES string of the molecule is O=C(N[C@H]1CCC[C@@H](n2c(-c3ccccc3OCCO)nc3cnc(-c4ncn[nH]4)cc32)C1)c1ncc(Cl)s1. The highest BCUT2D eigenvalue weighted by Gasteiger charge is 2.30. The van der Waals surface area contributed by atoms with Gasteiger partial charge in [-0.3, -0.25) is 14.9 Å². The number of aliphatic hydroxyl groups is 1. The molecule has 4 aromatic heterocycles. The van der Waals surface area contributed by atoms with Crippen LogP contribution in [0.15, 0.2) is 49.1 Å². The lowest BCUT2D eigenvalue weighted by Gasteiger charge is -2.32. The Hall–Kier alpha value is -3.87. The first kappa shape index (κ1) is 25.4. The van der Waals surface area contributed by atoms with Gasteiger partial charge in [0.05, 0.1) is 30.1 Å². The maximum Gasteiger partial charge on any atom is 0.280 e. The summed E-state index contributed by atoms with van der Waals surface area (Å²) < 4.78 is 8.57. The topological polar surface area (TPSA) is 144 Å². The maximum atomic E-state index is 12.8. The van der Waals surface area contributed by atoms with Gasteiger partial charge in [0.25, 0.3) is 5.91 Å². The zero-order chi connectivity index (χ0) is 26.8. The van der Waals surface area contributed by atoms with Gasteiger partial charge in [0.15, 0.2) is 10.8 Å². The monoisotopic (exact) mass is 564 g/mol. The number of aliphatic hydroxyl groups excluding tert-OH is 1. The van der Waals surface area contributed by atoms with E-state index in [-0.39, 0.29) is 31.2 Å². The molecule has 1 fully saturated rings. The molecule has 1 saturated carbocycles. The Morgan fingerprint density at radius 3 is 2.92 bits per heavy atom. The van der Waals surface area contributed by atoms with Gasteiger partial charge in [0, 0.05) is 12.1 Å². The predicted octanol–water partition coefficient (Wildman–Crippen LogP) is 4.28. The lowest BCUT2D eigenvalue weighted by molar-refractivity contribution is 0.0920. The van der Waals surface area contributed by atoms with Crippen LogP contribution in [0.4, 0.5) is 0 Å². The van der Waals surface area contributed by atoms with Crippen molar-refractivity contribution < 1.29 is 14.6 Å². The van der Waals surface area contributed by atoms with Gasteiger partial charge in [-0.25, -0.2) is 15.0 Å². The molecule has 2 atom stereocenters. The molecule has 4 heterocycles. The number of carbonyl (C=O) groups excluding carboxylic acids is 1. The van der Waals surface area contributed by atoms with Crippen LogP contribution in [0.1, 0.15) is 41.5 Å². The number of carbonyl (C=O) groups is 1. The number of aromatic amines is 1. The van der Waals surface area contributed by atoms with Crippen molar-refractivity contribution in [2.75, 3.05) is 13.2 Å². The predicted molar refractivity (Wildman–Crippen MR) is 147 cm³/mol. The summed E-state index contributed by atoms with van der Waals surface area (Å²) in [5, 5.41) is 19.7. The lowest BCUT2D eigenvalue weighted by atomic mass is 9.90. The number of para-hydroxylation sites is 1. The smallest absolute Gasteiger partial charge is 0.280 e. The first-order chi connectivity index (χ1) is 19.1. The van der Waals surface area contributed by atoms with Crippen molar-refractivity contribution in [1.29, 1.82) is 0 Å². The largest absolute Gasteiger partial charge is 0.490 e. The van der Waals surface area contributed by atoms with Crippen LogP contribution in [0.3, 0.4) is 0 Å². The molecule has 6 rings (SSSR count). The van der Waals surface area contributed by atoms with Crippen LogP contribution < -0.4 is 10.1 Å². The van der Waals surface area contributed by atoms with Gasteiger partial charge in [-0.05, 0) is 43.9 Å². The zero-order valence-electron chi connectivity index (χ0n) is 20.7. The molecule has 39 heavy (non-hydrogen) atoms. The highest BCUT2D eigenvalue weighted by molar-refractivity contribution is 7.17. The summed E-state index contributed by atoms with van der Waals surface area (Å²) in [6.45, 7) is 0.0796. The van der Waals surface area contributed by atoms with Gasteiger partial charge >= 0.3 is 0 Å². The fourth-order valence-electron chi connectivity index (χ4n) is 5.09. The number of aromatic nitrogens is 7. The third kappa shape index (κ3) is 5.22. The normalized spacial score (nSPS) is 17.4. The third-order valence-corrected chi connectivity index (χ3v) is 7.84. The minimum Gasteiger partial charge on any atom is -0.490 e. The van der Waals surface area contributed by atoms with Crippen LogP contribution >= 0.6 is 22.9 Å². The summed E-state index contributed by atoms with van der Waals surface area (Å²) in [6.07, 6.45) is 8.09. The number of hydrogen-bond acceptors (Lipinski definition) is 9. The van der Waals surface area contributed by atoms with E-state index >= 15 is 0 Å². The van der Waals surface area contributed by atoms with E-state index in [1.165, 1.54) is 23.9 Å². The number of amides is 1. The summed E-state index contributed by atoms with van der Waals surface area (Å²) in [6, 6.07) is 9.62. The molecule has 0 radical (unpaired) electrons. The summed E-state index contributed by atoms with van der Waals surface area (Å²) >= 11 is 7.16. The molecule has 200 valence electrons. The number of rotatable bonds is 8. The van der Waals surface area contributed by atoms with Crippen molar-refractivity contribution in [3.8, 4) is 28.7 Å². The van der Waals surface area contributed by atoms with Crippen molar-refractivity contribution in [2.45, 2.75) is 37.8 Å². The van der Waals surface area contributed by atoms with Gasteiger partial charge in [-0.1, -0.05) is 35.1 Å². The molecule has 0 bridgehead atoms. The molecule has 0 spiro atoms. The zero-order valence-corrected chi connectivity index (χ0v) is 22.3. The molecule has 13 heteroatoms. The molecule has 5 aromatic rings. The fourth-order valence-corrected chi connectivity index (χ4v) is 5.90. The van der Waals surface area contributed by atoms with E-state index in [2.05, 4.69) is 35.0 Å². The van der Waals surface area contributed by atoms with Crippen molar-refractivity contribution in [3.05, 3.63) is 58.4 Å². The number of imidazole rings is 1. The first-order valence-corrected chi connectivity index (χ1v) is 13.8. The molecule has 11 nitrogen and oxygen atoms in total. The Bertz CT molecular complexity index is 1600. The quantitative estimate of drug-likeness (QED) is 0.253. The van der Waals surface area contributed by atoms with E-state index in [9.17, 15) is 9.90 Å². The second-order valence-corrected chi connectivity index (χ2v) is 10.9. The second kappa shape index (κ2) is 11.1. The number of pyridine rings is 1. The van der Waals surface area contributed by atoms with Crippen molar-refractivity contribution in [2.24, 2.45) is 0 Å². The van der Waals surface area contributed by atoms with Crippen LogP contribution in [0.5, 0.6) is 5.75 Å². The van der Waals surface area contributed by atoms with Gasteiger partial charge in [-0.2, -0.15) is 5.10 Å². The molecule has 3 N–H and O–H groups in total. The summed E-state index contributed by atoms with van der Waals surface area (Å²) in [7, 11) is 0. The minimum absolute atomic E-state index is 0.0410. The van der Waals surface area contributed by atoms with E-state index < -0.39 is 0 Å². The van der Waals surface area contributed by atoms with Crippen LogP contribution in [0.2, 0.25) is 4.34 Å². The average Bonchev–Trinajstić information content (AvgIpc) is 3.72. The van der Waals surface area contributed by atoms with Crippen molar-refractivity contribution in [1.82, 2.24) is 40.0 Å². The number of hydrogen-bond donors (Lipinski definition) is 3. The van der Waals surface area contributed by atoms with Crippen molar-refractivity contribution in [3.63, 3.8) is 0 Å². The van der Waals surface area contributed by atoms with E-state index in [1.54, 1.807) is 6.20 Å². The number of H-pyrrole nitrogens is 1.